The van der Waals surface area contributed by atoms with E-state index in [0.717, 1.165) is 12.7 Å². The van der Waals surface area contributed by atoms with Crippen molar-refractivity contribution in [2.75, 3.05) is 12.8 Å². The highest BCUT2D eigenvalue weighted by atomic mass is 35.5. The number of nitrogens with one attached hydrogen (secondary N) is 1. The zero-order valence-electron chi connectivity index (χ0n) is 20.5. The molecule has 190 valence electrons. The summed E-state index contributed by atoms with van der Waals surface area (Å²) < 4.78 is 27.4. The molecule has 0 aliphatic rings. The highest BCUT2D eigenvalue weighted by Gasteiger charge is 2.32. The van der Waals surface area contributed by atoms with Crippen molar-refractivity contribution in [1.82, 2.24) is 15.1 Å². The average molecular weight is 548 g/mol. The molecule has 0 aliphatic carbocycles. The molecule has 1 aromatic heterocycles. The first kappa shape index (κ1) is 27.8. The number of carbonyl (C=O) groups excluding carboxylic acids is 1. The Morgan fingerprint density at radius 1 is 1.14 bits per heavy atom. The van der Waals surface area contributed by atoms with Crippen LogP contribution in [-0.2, 0) is 9.84 Å². The van der Waals surface area contributed by atoms with E-state index in [1.807, 2.05) is 0 Å². The summed E-state index contributed by atoms with van der Waals surface area (Å²) in [6, 6.07) is 11.7. The molecule has 0 bridgehead atoms. The first-order chi connectivity index (χ1) is 16.8. The summed E-state index contributed by atoms with van der Waals surface area (Å²) in [5.41, 5.74) is 6.47. The molecule has 2 aromatic carbocycles. The Morgan fingerprint density at radius 2 is 1.81 bits per heavy atom. The molecule has 1 heterocycles. The van der Waals surface area contributed by atoms with Gasteiger partial charge in [-0.05, 0) is 64.1 Å². The number of carbonyl (C=O) groups is 1. The van der Waals surface area contributed by atoms with Crippen LogP contribution in [0, 0.1) is 11.8 Å². The van der Waals surface area contributed by atoms with E-state index in [4.69, 9.17) is 28.9 Å². The van der Waals surface area contributed by atoms with Gasteiger partial charge >= 0.3 is 0 Å². The molecular weight excluding hydrogens is 519 g/mol. The summed E-state index contributed by atoms with van der Waals surface area (Å²) in [5.74, 6) is 5.47. The van der Waals surface area contributed by atoms with Gasteiger partial charge in [-0.1, -0.05) is 47.2 Å². The van der Waals surface area contributed by atoms with E-state index in [0.29, 0.717) is 39.8 Å². The lowest BCUT2D eigenvalue weighted by Gasteiger charge is -2.19. The van der Waals surface area contributed by atoms with Gasteiger partial charge in [0.1, 0.15) is 4.90 Å². The van der Waals surface area contributed by atoms with Crippen LogP contribution in [0.3, 0.4) is 0 Å². The summed E-state index contributed by atoms with van der Waals surface area (Å²) in [7, 11) is -3.90. The van der Waals surface area contributed by atoms with Crippen molar-refractivity contribution >= 4 is 38.9 Å². The van der Waals surface area contributed by atoms with Crippen molar-refractivity contribution < 1.29 is 13.2 Å². The zero-order valence-corrected chi connectivity index (χ0v) is 22.9. The summed E-state index contributed by atoms with van der Waals surface area (Å²) in [6.45, 7) is 5.96. The Balaban J connectivity index is 2.28. The number of benzene rings is 2. The third-order valence-electron chi connectivity index (χ3n) is 4.95. The molecule has 3 rings (SSSR count). The van der Waals surface area contributed by atoms with E-state index in [2.05, 4.69) is 22.3 Å². The molecule has 10 heteroatoms. The van der Waals surface area contributed by atoms with Gasteiger partial charge < -0.3 is 11.1 Å². The van der Waals surface area contributed by atoms with Crippen LogP contribution in [0.15, 0.2) is 47.4 Å². The molecule has 0 atom stereocenters. The Morgan fingerprint density at radius 3 is 2.36 bits per heavy atom. The molecule has 1 amide bonds. The first-order valence-electron chi connectivity index (χ1n) is 11.2. The molecule has 0 spiro atoms. The summed E-state index contributed by atoms with van der Waals surface area (Å²) in [4.78, 5) is 13.0. The molecule has 3 aromatic rings. The van der Waals surface area contributed by atoms with Gasteiger partial charge in [-0.2, -0.15) is 5.10 Å². The van der Waals surface area contributed by atoms with E-state index < -0.39 is 21.3 Å². The number of nitrogens with zero attached hydrogens (tertiary/aromatic N) is 2. The molecule has 3 N–H and O–H groups in total. The number of halogens is 2. The van der Waals surface area contributed by atoms with Crippen molar-refractivity contribution in [2.45, 2.75) is 44.0 Å². The zero-order chi connectivity index (χ0) is 26.7. The second-order valence-electron chi connectivity index (χ2n) is 9.28. The average Bonchev–Trinajstić information content (AvgIpc) is 3.17. The van der Waals surface area contributed by atoms with E-state index in [9.17, 15) is 13.2 Å². The standard InChI is InChI=1S/C26H28Cl2N4O3S/c1-26(2,3)30-25(33)22-24(36(4,34)35)23(18-10-12-19(27)13-11-18)32(31-22)21-14-9-17(16-20(21)28)8-6-5-7-15-29/h9-14,16H,5,7,15,29H2,1-4H3,(H,30,33). The lowest BCUT2D eigenvalue weighted by molar-refractivity contribution is 0.0910. The second-order valence-corrected chi connectivity index (χ2v) is 12.1. The van der Waals surface area contributed by atoms with E-state index in [1.165, 1.54) is 4.68 Å². The predicted molar refractivity (Wildman–Crippen MR) is 145 cm³/mol. The molecule has 0 aliphatic heterocycles. The van der Waals surface area contributed by atoms with Crippen LogP contribution in [0.4, 0.5) is 0 Å². The summed E-state index contributed by atoms with van der Waals surface area (Å²) >= 11 is 12.7. The normalized spacial score (nSPS) is 11.6. The Labute approximate surface area is 221 Å². The van der Waals surface area contributed by atoms with E-state index >= 15 is 0 Å². The van der Waals surface area contributed by atoms with Crippen molar-refractivity contribution in [3.8, 4) is 28.8 Å². The summed E-state index contributed by atoms with van der Waals surface area (Å²) in [6.07, 6.45) is 2.51. The monoisotopic (exact) mass is 546 g/mol. The van der Waals surface area contributed by atoms with Crippen LogP contribution in [0.25, 0.3) is 16.9 Å². The van der Waals surface area contributed by atoms with Crippen LogP contribution in [-0.4, -0.2) is 42.4 Å². The Hall–Kier alpha value is -2.83. The van der Waals surface area contributed by atoms with Crippen molar-refractivity contribution in [3.05, 3.63) is 63.8 Å². The van der Waals surface area contributed by atoms with Gasteiger partial charge in [0.2, 0.25) is 0 Å². The Bertz CT molecular complexity index is 1450. The third-order valence-corrected chi connectivity index (χ3v) is 6.63. The number of aromatic nitrogens is 2. The maximum absolute atomic E-state index is 13.2. The topological polar surface area (TPSA) is 107 Å². The number of hydrogen-bond donors (Lipinski definition) is 2. The lowest BCUT2D eigenvalue weighted by Crippen LogP contribution is -2.41. The van der Waals surface area contributed by atoms with Gasteiger partial charge in [-0.15, -0.1) is 0 Å². The van der Waals surface area contributed by atoms with Crippen LogP contribution in [0.1, 0.15) is 49.7 Å². The van der Waals surface area contributed by atoms with Gasteiger partial charge in [0, 0.05) is 34.4 Å². The molecule has 36 heavy (non-hydrogen) atoms. The molecule has 0 fully saturated rings. The van der Waals surface area contributed by atoms with Gasteiger partial charge in [0.25, 0.3) is 5.91 Å². The number of unbranched alkanes of at least 4 members (excludes halogenated alkanes) is 1. The smallest absolute Gasteiger partial charge is 0.273 e. The highest BCUT2D eigenvalue weighted by Crippen LogP contribution is 2.35. The lowest BCUT2D eigenvalue weighted by atomic mass is 10.1. The number of rotatable bonds is 6. The van der Waals surface area contributed by atoms with Crippen LogP contribution < -0.4 is 11.1 Å². The molecule has 0 radical (unpaired) electrons. The van der Waals surface area contributed by atoms with E-state index in [1.54, 1.807) is 63.2 Å². The molecule has 0 unspecified atom stereocenters. The molecule has 7 nitrogen and oxygen atoms in total. The number of hydrogen-bond acceptors (Lipinski definition) is 5. The number of amides is 1. The predicted octanol–water partition coefficient (Wildman–Crippen LogP) is 4.87. The SMILES string of the molecule is CC(C)(C)NC(=O)c1nn(-c2ccc(C#CCCCN)cc2Cl)c(-c2ccc(Cl)cc2)c1S(C)(=O)=O. The quantitative estimate of drug-likeness (QED) is 0.338. The van der Waals surface area contributed by atoms with E-state index in [-0.39, 0.29) is 16.3 Å². The Kier molecular flexibility index (Phi) is 8.52. The van der Waals surface area contributed by atoms with Gasteiger partial charge in [-0.25, -0.2) is 13.1 Å². The highest BCUT2D eigenvalue weighted by molar-refractivity contribution is 7.91. The first-order valence-corrected chi connectivity index (χ1v) is 13.9. The fourth-order valence-corrected chi connectivity index (χ4v) is 4.88. The van der Waals surface area contributed by atoms with Crippen molar-refractivity contribution in [1.29, 1.82) is 0 Å². The number of sulfone groups is 1. The van der Waals surface area contributed by atoms with Gasteiger partial charge in [0.05, 0.1) is 16.4 Å². The maximum atomic E-state index is 13.2. The minimum absolute atomic E-state index is 0.201. The fourth-order valence-electron chi connectivity index (χ4n) is 3.45. The van der Waals surface area contributed by atoms with Crippen molar-refractivity contribution in [2.24, 2.45) is 5.73 Å². The van der Waals surface area contributed by atoms with Crippen molar-refractivity contribution in [3.63, 3.8) is 0 Å². The van der Waals surface area contributed by atoms with Crippen LogP contribution in [0.5, 0.6) is 0 Å². The molecule has 0 saturated heterocycles. The number of nitrogens with two attached hydrogens (primary N) is 1. The molecular formula is C26H28Cl2N4O3S. The minimum Gasteiger partial charge on any atom is -0.346 e. The van der Waals surface area contributed by atoms with Crippen LogP contribution in [0.2, 0.25) is 10.0 Å². The summed E-state index contributed by atoms with van der Waals surface area (Å²) in [5, 5.41) is 8.03. The third kappa shape index (κ3) is 6.68. The second kappa shape index (κ2) is 11.1. The van der Waals surface area contributed by atoms with Gasteiger partial charge in [0.15, 0.2) is 15.5 Å². The maximum Gasteiger partial charge on any atom is 0.273 e. The van der Waals surface area contributed by atoms with Gasteiger partial charge in [-0.3, -0.25) is 4.79 Å². The fraction of sp³-hybridized carbons (Fsp3) is 0.308. The van der Waals surface area contributed by atoms with Crippen LogP contribution >= 0.6 is 23.2 Å². The minimum atomic E-state index is -3.90. The largest absolute Gasteiger partial charge is 0.346 e. The molecule has 0 saturated carbocycles.